The van der Waals surface area contributed by atoms with Gasteiger partial charge >= 0.3 is 0 Å². The zero-order chi connectivity index (χ0) is 20.9. The third-order valence-electron chi connectivity index (χ3n) is 5.43. The van der Waals surface area contributed by atoms with Gasteiger partial charge in [-0.25, -0.2) is 4.39 Å². The molecule has 2 heterocycles. The Bertz CT molecular complexity index is 1020. The van der Waals surface area contributed by atoms with E-state index in [1.54, 1.807) is 18.2 Å². The van der Waals surface area contributed by atoms with Crippen LogP contribution in [-0.4, -0.2) is 34.0 Å². The molecule has 4 rings (SSSR count). The lowest BCUT2D eigenvalue weighted by atomic mass is 9.94. The second-order valence-electron chi connectivity index (χ2n) is 7.67. The lowest BCUT2D eigenvalue weighted by Gasteiger charge is -2.32. The molecule has 1 atom stereocenters. The van der Waals surface area contributed by atoms with Gasteiger partial charge < -0.3 is 9.42 Å². The summed E-state index contributed by atoms with van der Waals surface area (Å²) in [7, 11) is 0. The van der Waals surface area contributed by atoms with E-state index >= 15 is 0 Å². The smallest absolute Gasteiger partial charge is 0.227 e. The number of aryl methyl sites for hydroxylation is 1. The summed E-state index contributed by atoms with van der Waals surface area (Å²) in [4.78, 5) is 19.0. The fourth-order valence-corrected chi connectivity index (χ4v) is 4.11. The highest BCUT2D eigenvalue weighted by Crippen LogP contribution is 2.24. The highest BCUT2D eigenvalue weighted by Gasteiger charge is 2.25. The van der Waals surface area contributed by atoms with Crippen LogP contribution in [0.15, 0.2) is 53.1 Å². The number of piperidine rings is 1. The number of benzene rings is 2. The molecule has 1 aliphatic heterocycles. The average molecular weight is 428 g/mol. The van der Waals surface area contributed by atoms with Gasteiger partial charge in [-0.15, -0.1) is 0 Å². The third kappa shape index (κ3) is 5.05. The van der Waals surface area contributed by atoms with Gasteiger partial charge in [0, 0.05) is 31.0 Å². The predicted octanol–water partition coefficient (Wildman–Crippen LogP) is 4.94. The first-order valence-electron chi connectivity index (χ1n) is 10.2. The normalized spacial score (nSPS) is 16.6. The van der Waals surface area contributed by atoms with E-state index in [-0.39, 0.29) is 23.5 Å². The van der Waals surface area contributed by atoms with Crippen molar-refractivity contribution in [3.63, 3.8) is 0 Å². The van der Waals surface area contributed by atoms with Crippen LogP contribution in [0, 0.1) is 11.7 Å². The topological polar surface area (TPSA) is 59.2 Å². The van der Waals surface area contributed by atoms with Crippen molar-refractivity contribution >= 4 is 17.5 Å². The molecule has 0 spiro atoms. The molecule has 1 unspecified atom stereocenters. The molecule has 7 heteroatoms. The summed E-state index contributed by atoms with van der Waals surface area (Å²) in [6.45, 7) is 1.45. The number of halogens is 2. The molecule has 0 bridgehead atoms. The van der Waals surface area contributed by atoms with Gasteiger partial charge in [0.05, 0.1) is 5.56 Å². The zero-order valence-electron chi connectivity index (χ0n) is 16.6. The molecule has 1 aromatic heterocycles. The van der Waals surface area contributed by atoms with Gasteiger partial charge in [-0.1, -0.05) is 41.0 Å². The van der Waals surface area contributed by atoms with Crippen LogP contribution in [0.25, 0.3) is 11.4 Å². The van der Waals surface area contributed by atoms with Crippen molar-refractivity contribution in [2.24, 2.45) is 5.92 Å². The maximum absolute atomic E-state index is 13.9. The van der Waals surface area contributed by atoms with Crippen LogP contribution in [0.5, 0.6) is 0 Å². The number of aromatic nitrogens is 2. The van der Waals surface area contributed by atoms with E-state index in [0.29, 0.717) is 42.3 Å². The number of amides is 1. The van der Waals surface area contributed by atoms with Crippen LogP contribution in [0.4, 0.5) is 4.39 Å². The number of nitrogens with zero attached hydrogens (tertiary/aromatic N) is 3. The number of carbonyl (C=O) groups is 1. The Hall–Kier alpha value is -2.73. The standard InChI is InChI=1S/C23H23ClFN3O2/c24-18-7-3-5-16(13-18)10-11-22(29)28-12-4-6-17(15-28)14-21-26-23(27-30-21)19-8-1-2-9-20(19)25/h1-3,5,7-9,13,17H,4,6,10-12,14-15H2. The Morgan fingerprint density at radius 3 is 2.93 bits per heavy atom. The number of carbonyl (C=O) groups excluding carboxylic acids is 1. The molecule has 156 valence electrons. The number of hydrogen-bond donors (Lipinski definition) is 0. The van der Waals surface area contributed by atoms with Crippen LogP contribution in [0.3, 0.4) is 0 Å². The minimum Gasteiger partial charge on any atom is -0.342 e. The van der Waals surface area contributed by atoms with E-state index in [4.69, 9.17) is 16.1 Å². The average Bonchev–Trinajstić information content (AvgIpc) is 3.21. The summed E-state index contributed by atoms with van der Waals surface area (Å²) in [6.07, 6.45) is 3.66. The van der Waals surface area contributed by atoms with Crippen molar-refractivity contribution in [3.8, 4) is 11.4 Å². The summed E-state index contributed by atoms with van der Waals surface area (Å²) in [5.41, 5.74) is 1.39. The Morgan fingerprint density at radius 1 is 1.23 bits per heavy atom. The fraction of sp³-hybridized carbons (Fsp3) is 0.348. The lowest BCUT2D eigenvalue weighted by Crippen LogP contribution is -2.40. The van der Waals surface area contributed by atoms with Crippen molar-refractivity contribution in [3.05, 3.63) is 70.8 Å². The molecular weight excluding hydrogens is 405 g/mol. The molecule has 1 fully saturated rings. The largest absolute Gasteiger partial charge is 0.342 e. The summed E-state index contributed by atoms with van der Waals surface area (Å²) in [5.74, 6) is 0.763. The summed E-state index contributed by atoms with van der Waals surface area (Å²) >= 11 is 6.02. The molecule has 3 aromatic rings. The minimum atomic E-state index is -0.376. The van der Waals surface area contributed by atoms with Crippen LogP contribution in [0.1, 0.15) is 30.7 Å². The molecule has 1 saturated heterocycles. The molecular formula is C23H23ClFN3O2. The van der Waals surface area contributed by atoms with Crippen LogP contribution >= 0.6 is 11.6 Å². The van der Waals surface area contributed by atoms with Gasteiger partial charge in [0.15, 0.2) is 0 Å². The van der Waals surface area contributed by atoms with Gasteiger partial charge in [0.2, 0.25) is 17.6 Å². The second-order valence-corrected chi connectivity index (χ2v) is 8.11. The van der Waals surface area contributed by atoms with E-state index < -0.39 is 0 Å². The summed E-state index contributed by atoms with van der Waals surface area (Å²) in [5, 5.41) is 4.61. The maximum Gasteiger partial charge on any atom is 0.227 e. The van der Waals surface area contributed by atoms with Crippen LogP contribution in [0.2, 0.25) is 5.02 Å². The van der Waals surface area contributed by atoms with E-state index in [1.165, 1.54) is 6.07 Å². The Kier molecular flexibility index (Phi) is 6.43. The van der Waals surface area contributed by atoms with Gasteiger partial charge in [-0.2, -0.15) is 4.98 Å². The number of likely N-dealkylation sites (tertiary alicyclic amines) is 1. The van der Waals surface area contributed by atoms with E-state index in [1.807, 2.05) is 29.2 Å². The Balaban J connectivity index is 1.33. The van der Waals surface area contributed by atoms with Gasteiger partial charge in [0.25, 0.3) is 0 Å². The first kappa shape index (κ1) is 20.5. The summed E-state index contributed by atoms with van der Waals surface area (Å²) in [6, 6.07) is 14.0. The van der Waals surface area contributed by atoms with E-state index in [9.17, 15) is 9.18 Å². The Labute approximate surface area is 179 Å². The van der Waals surface area contributed by atoms with Crippen LogP contribution < -0.4 is 0 Å². The first-order valence-corrected chi connectivity index (χ1v) is 10.6. The van der Waals surface area contributed by atoms with E-state index in [0.717, 1.165) is 24.9 Å². The molecule has 0 aliphatic carbocycles. The molecule has 0 radical (unpaired) electrons. The second kappa shape index (κ2) is 9.39. The maximum atomic E-state index is 13.9. The zero-order valence-corrected chi connectivity index (χ0v) is 17.3. The number of hydrogen-bond acceptors (Lipinski definition) is 4. The molecule has 5 nitrogen and oxygen atoms in total. The third-order valence-corrected chi connectivity index (χ3v) is 5.67. The van der Waals surface area contributed by atoms with Crippen molar-refractivity contribution in [2.75, 3.05) is 13.1 Å². The van der Waals surface area contributed by atoms with Gasteiger partial charge in [-0.3, -0.25) is 4.79 Å². The van der Waals surface area contributed by atoms with Gasteiger partial charge in [0.1, 0.15) is 5.82 Å². The molecule has 2 aromatic carbocycles. The van der Waals surface area contributed by atoms with Crippen molar-refractivity contribution in [1.29, 1.82) is 0 Å². The molecule has 30 heavy (non-hydrogen) atoms. The van der Waals surface area contributed by atoms with E-state index in [2.05, 4.69) is 10.1 Å². The quantitative estimate of drug-likeness (QED) is 0.558. The monoisotopic (exact) mass is 427 g/mol. The van der Waals surface area contributed by atoms with Crippen molar-refractivity contribution in [2.45, 2.75) is 32.1 Å². The highest BCUT2D eigenvalue weighted by atomic mass is 35.5. The van der Waals surface area contributed by atoms with Crippen molar-refractivity contribution in [1.82, 2.24) is 15.0 Å². The van der Waals surface area contributed by atoms with Gasteiger partial charge in [-0.05, 0) is 55.0 Å². The molecule has 1 aliphatic rings. The SMILES string of the molecule is O=C(CCc1cccc(Cl)c1)N1CCCC(Cc2nc(-c3ccccc3F)no2)C1. The predicted molar refractivity (Wildman–Crippen MR) is 112 cm³/mol. The fourth-order valence-electron chi connectivity index (χ4n) is 3.90. The van der Waals surface area contributed by atoms with Crippen LogP contribution in [-0.2, 0) is 17.6 Å². The molecule has 0 saturated carbocycles. The Morgan fingerprint density at radius 2 is 2.10 bits per heavy atom. The molecule has 1 amide bonds. The summed E-state index contributed by atoms with van der Waals surface area (Å²) < 4.78 is 19.3. The van der Waals surface area contributed by atoms with Crippen molar-refractivity contribution < 1.29 is 13.7 Å². The number of rotatable bonds is 6. The highest BCUT2D eigenvalue weighted by molar-refractivity contribution is 6.30. The first-order chi connectivity index (χ1) is 14.6. The minimum absolute atomic E-state index is 0.150. The lowest BCUT2D eigenvalue weighted by molar-refractivity contribution is -0.133. The molecule has 0 N–H and O–H groups in total.